The second-order valence-electron chi connectivity index (χ2n) is 4.71. The van der Waals surface area contributed by atoms with E-state index in [0.717, 1.165) is 32.4 Å². The van der Waals surface area contributed by atoms with E-state index in [4.69, 9.17) is 10.00 Å². The highest BCUT2D eigenvalue weighted by Crippen LogP contribution is 2.23. The molecule has 106 valence electrons. The van der Waals surface area contributed by atoms with Crippen LogP contribution in [-0.2, 0) is 0 Å². The lowest BCUT2D eigenvalue weighted by atomic mass is 10.1. The predicted octanol–water partition coefficient (Wildman–Crippen LogP) is 2.50. The zero-order valence-corrected chi connectivity index (χ0v) is 11.3. The molecule has 1 aromatic carbocycles. The Morgan fingerprint density at radius 1 is 1.40 bits per heavy atom. The van der Waals surface area contributed by atoms with Gasteiger partial charge in [-0.15, -0.1) is 0 Å². The molecule has 1 fully saturated rings. The maximum Gasteiger partial charge on any atom is 0.427 e. The Balaban J connectivity index is 2.01. The molecule has 1 aliphatic heterocycles. The fraction of sp³-hybridized carbons (Fsp3) is 0.429. The summed E-state index contributed by atoms with van der Waals surface area (Å²) in [5, 5.41) is 10.6. The number of amides is 1. The van der Waals surface area contributed by atoms with E-state index in [2.05, 4.69) is 5.43 Å². The summed E-state index contributed by atoms with van der Waals surface area (Å²) >= 11 is 0. The molecular weight excluding hydrogens is 261 g/mol. The lowest BCUT2D eigenvalue weighted by Gasteiger charge is -2.26. The highest BCUT2D eigenvalue weighted by atomic mass is 19.1. The molecular formula is C14H16FN3O2. The molecule has 5 nitrogen and oxygen atoms in total. The molecule has 1 aliphatic rings. The summed E-state index contributed by atoms with van der Waals surface area (Å²) in [5.74, 6) is -0.853. The zero-order chi connectivity index (χ0) is 14.5. The third-order valence-corrected chi connectivity index (χ3v) is 3.28. The Morgan fingerprint density at radius 2 is 2.10 bits per heavy atom. The van der Waals surface area contributed by atoms with Gasteiger partial charge in [-0.05, 0) is 31.9 Å². The normalized spacial score (nSPS) is 15.4. The number of nitrogens with one attached hydrogen (secondary N) is 1. The molecule has 1 heterocycles. The summed E-state index contributed by atoms with van der Waals surface area (Å²) in [6.45, 7) is 3.01. The number of benzene rings is 1. The smallest absolute Gasteiger partial charge is 0.406 e. The van der Waals surface area contributed by atoms with Gasteiger partial charge in [0.1, 0.15) is 0 Å². The Hall–Kier alpha value is -2.13. The fourth-order valence-electron chi connectivity index (χ4n) is 2.12. The largest absolute Gasteiger partial charge is 0.427 e. The van der Waals surface area contributed by atoms with Crippen LogP contribution < -0.4 is 10.2 Å². The van der Waals surface area contributed by atoms with Gasteiger partial charge in [0.2, 0.25) is 0 Å². The van der Waals surface area contributed by atoms with Gasteiger partial charge in [-0.2, -0.15) is 5.26 Å². The number of halogens is 1. The Morgan fingerprint density at radius 3 is 2.75 bits per heavy atom. The van der Waals surface area contributed by atoms with Crippen LogP contribution in [-0.4, -0.2) is 24.2 Å². The first-order valence-electron chi connectivity index (χ1n) is 6.54. The number of rotatable bonds is 2. The summed E-state index contributed by atoms with van der Waals surface area (Å²) in [5.41, 5.74) is 2.99. The van der Waals surface area contributed by atoms with Crippen LogP contribution in [0.5, 0.6) is 5.75 Å². The fourth-order valence-corrected chi connectivity index (χ4v) is 2.12. The van der Waals surface area contributed by atoms with E-state index in [0.29, 0.717) is 0 Å². The van der Waals surface area contributed by atoms with E-state index in [1.165, 1.54) is 19.1 Å². The lowest BCUT2D eigenvalue weighted by molar-refractivity contribution is 0.128. The molecule has 0 radical (unpaired) electrons. The third kappa shape index (κ3) is 3.25. The van der Waals surface area contributed by atoms with Crippen molar-refractivity contribution in [3.8, 4) is 11.8 Å². The number of carbonyl (C=O) groups is 1. The minimum Gasteiger partial charge on any atom is -0.406 e. The summed E-state index contributed by atoms with van der Waals surface area (Å²) in [6, 6.07) is 4.60. The van der Waals surface area contributed by atoms with Crippen molar-refractivity contribution in [1.82, 2.24) is 10.4 Å². The van der Waals surface area contributed by atoms with Gasteiger partial charge in [0, 0.05) is 18.7 Å². The third-order valence-electron chi connectivity index (χ3n) is 3.28. The standard InChI is InChI=1S/C14H16FN3O2/c1-10-11(9-16)5-6-12(13(10)15)20-14(19)17-18-7-3-2-4-8-18/h5-6H,2-4,7-8H2,1H3,(H,17,19). The molecule has 0 aliphatic carbocycles. The second-order valence-corrected chi connectivity index (χ2v) is 4.71. The van der Waals surface area contributed by atoms with E-state index in [9.17, 15) is 9.18 Å². The van der Waals surface area contributed by atoms with Crippen molar-refractivity contribution in [3.05, 3.63) is 29.1 Å². The summed E-state index contributed by atoms with van der Waals surface area (Å²) in [7, 11) is 0. The van der Waals surface area contributed by atoms with E-state index in [-0.39, 0.29) is 16.9 Å². The minimum atomic E-state index is -0.713. The van der Waals surface area contributed by atoms with E-state index in [1.807, 2.05) is 6.07 Å². The van der Waals surface area contributed by atoms with Crippen molar-refractivity contribution >= 4 is 6.09 Å². The van der Waals surface area contributed by atoms with Crippen LogP contribution in [0.2, 0.25) is 0 Å². The van der Waals surface area contributed by atoms with Gasteiger partial charge in [0.15, 0.2) is 11.6 Å². The Labute approximate surface area is 116 Å². The molecule has 1 amide bonds. The summed E-state index contributed by atoms with van der Waals surface area (Å²) < 4.78 is 18.9. The molecule has 0 bridgehead atoms. The zero-order valence-electron chi connectivity index (χ0n) is 11.3. The SMILES string of the molecule is Cc1c(C#N)ccc(OC(=O)NN2CCCCC2)c1F. The number of carbonyl (C=O) groups excluding carboxylic acids is 1. The molecule has 0 atom stereocenters. The summed E-state index contributed by atoms with van der Waals surface area (Å²) in [6.07, 6.45) is 2.47. The molecule has 6 heteroatoms. The van der Waals surface area contributed by atoms with Crippen LogP contribution >= 0.6 is 0 Å². The van der Waals surface area contributed by atoms with E-state index < -0.39 is 11.9 Å². The van der Waals surface area contributed by atoms with Crippen molar-refractivity contribution in [1.29, 1.82) is 5.26 Å². The highest BCUT2D eigenvalue weighted by Gasteiger charge is 2.17. The average molecular weight is 277 g/mol. The Bertz CT molecular complexity index is 548. The second kappa shape index (κ2) is 6.35. The summed E-state index contributed by atoms with van der Waals surface area (Å²) in [4.78, 5) is 11.7. The first kappa shape index (κ1) is 14.3. The van der Waals surface area contributed by atoms with Crippen LogP contribution in [0.25, 0.3) is 0 Å². The molecule has 0 aromatic heterocycles. The molecule has 0 unspecified atom stereocenters. The number of hydrazine groups is 1. The van der Waals surface area contributed by atoms with Crippen molar-refractivity contribution in [2.24, 2.45) is 0 Å². The molecule has 1 saturated heterocycles. The van der Waals surface area contributed by atoms with Crippen LogP contribution in [0.3, 0.4) is 0 Å². The Kier molecular flexibility index (Phi) is 4.53. The molecule has 0 spiro atoms. The molecule has 2 rings (SSSR count). The van der Waals surface area contributed by atoms with Crippen molar-refractivity contribution in [3.63, 3.8) is 0 Å². The quantitative estimate of drug-likeness (QED) is 0.902. The highest BCUT2D eigenvalue weighted by molar-refractivity contribution is 5.70. The predicted molar refractivity (Wildman–Crippen MR) is 70.4 cm³/mol. The number of nitrogens with zero attached hydrogens (tertiary/aromatic N) is 2. The topological polar surface area (TPSA) is 65.4 Å². The first-order valence-corrected chi connectivity index (χ1v) is 6.54. The minimum absolute atomic E-state index is 0.170. The van der Waals surface area contributed by atoms with Gasteiger partial charge < -0.3 is 4.74 Å². The number of ether oxygens (including phenoxy) is 1. The first-order chi connectivity index (χ1) is 9.61. The maximum atomic E-state index is 13.9. The molecule has 1 aromatic rings. The van der Waals surface area contributed by atoms with Crippen molar-refractivity contribution in [2.75, 3.05) is 13.1 Å². The van der Waals surface area contributed by atoms with Gasteiger partial charge in [-0.3, -0.25) is 5.43 Å². The van der Waals surface area contributed by atoms with E-state index >= 15 is 0 Å². The van der Waals surface area contributed by atoms with Crippen molar-refractivity contribution < 1.29 is 13.9 Å². The van der Waals surface area contributed by atoms with E-state index in [1.54, 1.807) is 5.01 Å². The number of hydrogen-bond acceptors (Lipinski definition) is 4. The van der Waals surface area contributed by atoms with Gasteiger partial charge in [0.05, 0.1) is 11.6 Å². The van der Waals surface area contributed by atoms with Gasteiger partial charge in [-0.25, -0.2) is 14.2 Å². The number of piperidine rings is 1. The number of hydrogen-bond donors (Lipinski definition) is 1. The molecule has 0 saturated carbocycles. The average Bonchev–Trinajstić information content (AvgIpc) is 2.45. The van der Waals surface area contributed by atoms with Gasteiger partial charge in [-0.1, -0.05) is 6.42 Å². The van der Waals surface area contributed by atoms with Gasteiger partial charge >= 0.3 is 6.09 Å². The molecule has 20 heavy (non-hydrogen) atoms. The van der Waals surface area contributed by atoms with Crippen LogP contribution in [0, 0.1) is 24.1 Å². The molecule has 1 N–H and O–H groups in total. The number of nitriles is 1. The van der Waals surface area contributed by atoms with Crippen molar-refractivity contribution in [2.45, 2.75) is 26.2 Å². The van der Waals surface area contributed by atoms with Crippen LogP contribution in [0.1, 0.15) is 30.4 Å². The van der Waals surface area contributed by atoms with Crippen LogP contribution in [0.15, 0.2) is 12.1 Å². The van der Waals surface area contributed by atoms with Crippen LogP contribution in [0.4, 0.5) is 9.18 Å². The lowest BCUT2D eigenvalue weighted by Crippen LogP contribution is -2.46. The monoisotopic (exact) mass is 277 g/mol. The maximum absolute atomic E-state index is 13.9. The van der Waals surface area contributed by atoms with Gasteiger partial charge in [0.25, 0.3) is 0 Å².